The van der Waals surface area contributed by atoms with E-state index in [0.717, 1.165) is 32.8 Å². The molecule has 0 amide bonds. The summed E-state index contributed by atoms with van der Waals surface area (Å²) in [6, 6.07) is 19.9. The van der Waals surface area contributed by atoms with Gasteiger partial charge in [-0.15, -0.1) is 0 Å². The number of hydrogen-bond acceptors (Lipinski definition) is 3. The summed E-state index contributed by atoms with van der Waals surface area (Å²) in [4.78, 5) is 4.45. The second kappa shape index (κ2) is 6.37. The molecule has 0 unspecified atom stereocenters. The fraction of sp³-hybridized carbons (Fsp3) is 0. The monoisotopic (exact) mass is 344 g/mol. The van der Waals surface area contributed by atoms with Gasteiger partial charge in [0.15, 0.2) is 0 Å². The van der Waals surface area contributed by atoms with E-state index in [1.807, 2.05) is 71.5 Å². The van der Waals surface area contributed by atoms with Crippen LogP contribution < -0.4 is 15.9 Å². The normalized spacial score (nSPS) is 11.8. The summed E-state index contributed by atoms with van der Waals surface area (Å²) < 4.78 is 2.53. The zero-order valence-corrected chi connectivity index (χ0v) is 14.3. The van der Waals surface area contributed by atoms with E-state index in [1.165, 1.54) is 0 Å². The number of anilines is 1. The Morgan fingerprint density at radius 3 is 2.68 bits per heavy atom. The predicted molar refractivity (Wildman–Crippen MR) is 106 cm³/mol. The second-order valence-corrected chi connectivity index (χ2v) is 6.04. The molecular formula is C20H16N4S. The predicted octanol–water partition coefficient (Wildman–Crippen LogP) is 3.34. The van der Waals surface area contributed by atoms with Gasteiger partial charge in [0, 0.05) is 17.8 Å². The average Bonchev–Trinajstić information content (AvgIpc) is 2.94. The number of benzene rings is 2. The molecule has 0 spiro atoms. The Morgan fingerprint density at radius 1 is 1.04 bits per heavy atom. The molecule has 0 radical (unpaired) electrons. The largest absolute Gasteiger partial charge is 0.359 e. The van der Waals surface area contributed by atoms with E-state index in [9.17, 15) is 0 Å². The molecule has 0 aliphatic heterocycles. The summed E-state index contributed by atoms with van der Waals surface area (Å²) in [6.45, 7) is 4.07. The minimum absolute atomic E-state index is 0.678. The van der Waals surface area contributed by atoms with Crippen LogP contribution in [0.5, 0.6) is 0 Å². The molecule has 2 aromatic carbocycles. The van der Waals surface area contributed by atoms with Crippen molar-refractivity contribution in [3.63, 3.8) is 0 Å². The standard InChI is InChI=1S/C20H16N4S/c1-14-17(20(25)24(23-14)16-9-3-2-4-10-16)13-22-18-11-5-7-15-8-6-12-21-19(15)18/h2-13,22-23H,1H2/b17-13-. The lowest BCUT2D eigenvalue weighted by molar-refractivity contribution is 0.857. The van der Waals surface area contributed by atoms with Crippen LogP contribution in [0, 0.1) is 4.64 Å². The van der Waals surface area contributed by atoms with E-state index < -0.39 is 0 Å². The van der Waals surface area contributed by atoms with Gasteiger partial charge < -0.3 is 5.32 Å². The molecule has 4 nitrogen and oxygen atoms in total. The number of rotatable bonds is 3. The van der Waals surface area contributed by atoms with Crippen molar-refractivity contribution in [3.05, 3.63) is 82.1 Å². The van der Waals surface area contributed by atoms with Gasteiger partial charge in [-0.25, -0.2) is 4.68 Å². The lowest BCUT2D eigenvalue weighted by atomic mass is 10.2. The van der Waals surface area contributed by atoms with Crippen LogP contribution in [0.25, 0.3) is 29.4 Å². The smallest absolute Gasteiger partial charge is 0.136 e. The fourth-order valence-electron chi connectivity index (χ4n) is 2.77. The number of fused-ring (bicyclic) bond motifs is 1. The van der Waals surface area contributed by atoms with Crippen LogP contribution in [0.3, 0.4) is 0 Å². The van der Waals surface area contributed by atoms with Crippen molar-refractivity contribution in [2.75, 3.05) is 5.32 Å². The quantitative estimate of drug-likeness (QED) is 0.560. The Bertz CT molecular complexity index is 1200. The van der Waals surface area contributed by atoms with Crippen LogP contribution >= 0.6 is 12.2 Å². The number of pyridine rings is 1. The van der Waals surface area contributed by atoms with E-state index >= 15 is 0 Å². The third kappa shape index (κ3) is 2.86. The van der Waals surface area contributed by atoms with Gasteiger partial charge in [0.05, 0.1) is 27.5 Å². The molecule has 122 valence electrons. The number of H-pyrrole nitrogens is 1. The number of aromatic nitrogens is 3. The molecule has 5 heteroatoms. The van der Waals surface area contributed by atoms with Crippen LogP contribution in [0.1, 0.15) is 0 Å². The summed E-state index contributed by atoms with van der Waals surface area (Å²) in [5.41, 5.74) is 2.83. The number of nitrogens with one attached hydrogen (secondary N) is 2. The summed E-state index contributed by atoms with van der Waals surface area (Å²) >= 11 is 5.61. The number of hydrogen-bond donors (Lipinski definition) is 2. The lowest BCUT2D eigenvalue weighted by Crippen LogP contribution is -2.22. The molecule has 0 aliphatic carbocycles. The van der Waals surface area contributed by atoms with Crippen LogP contribution in [0.2, 0.25) is 0 Å². The first kappa shape index (κ1) is 15.4. The van der Waals surface area contributed by atoms with Crippen molar-refractivity contribution in [1.29, 1.82) is 0 Å². The van der Waals surface area contributed by atoms with E-state index in [0.29, 0.717) is 4.64 Å². The zero-order valence-electron chi connectivity index (χ0n) is 13.4. The third-order valence-electron chi connectivity index (χ3n) is 4.02. The average molecular weight is 344 g/mol. The van der Waals surface area contributed by atoms with Crippen molar-refractivity contribution < 1.29 is 0 Å². The maximum absolute atomic E-state index is 5.61. The summed E-state index contributed by atoms with van der Waals surface area (Å²) in [5, 5.41) is 9.24. The summed E-state index contributed by atoms with van der Waals surface area (Å²) in [5.74, 6) is 0. The molecule has 2 aromatic heterocycles. The van der Waals surface area contributed by atoms with Gasteiger partial charge in [0.25, 0.3) is 0 Å². The lowest BCUT2D eigenvalue weighted by Gasteiger charge is -2.04. The minimum Gasteiger partial charge on any atom is -0.359 e. The Morgan fingerprint density at radius 2 is 1.84 bits per heavy atom. The molecule has 4 rings (SSSR count). The van der Waals surface area contributed by atoms with Crippen molar-refractivity contribution in [2.45, 2.75) is 0 Å². The van der Waals surface area contributed by atoms with Gasteiger partial charge in [-0.05, 0) is 24.3 Å². The highest BCUT2D eigenvalue weighted by atomic mass is 32.1. The van der Waals surface area contributed by atoms with Gasteiger partial charge in [0.1, 0.15) is 4.64 Å². The van der Waals surface area contributed by atoms with Gasteiger partial charge in [0.2, 0.25) is 0 Å². The topological polar surface area (TPSA) is 45.6 Å². The molecule has 2 heterocycles. The fourth-order valence-corrected chi connectivity index (χ4v) is 3.11. The minimum atomic E-state index is 0.678. The van der Waals surface area contributed by atoms with Crippen molar-refractivity contribution in [1.82, 2.24) is 14.8 Å². The SMILES string of the molecule is C=c1[nH]n(-c2ccccc2)c(=S)/c1=C\Nc1cccc2cccnc12. The first-order valence-electron chi connectivity index (χ1n) is 7.90. The molecule has 0 aliphatic rings. The highest BCUT2D eigenvalue weighted by Crippen LogP contribution is 2.20. The maximum Gasteiger partial charge on any atom is 0.136 e. The first-order valence-corrected chi connectivity index (χ1v) is 8.31. The van der Waals surface area contributed by atoms with Crippen LogP contribution in [0.4, 0.5) is 5.69 Å². The van der Waals surface area contributed by atoms with E-state index in [-0.39, 0.29) is 0 Å². The van der Waals surface area contributed by atoms with Gasteiger partial charge in [-0.2, -0.15) is 0 Å². The molecule has 0 saturated carbocycles. The van der Waals surface area contributed by atoms with E-state index in [2.05, 4.69) is 22.0 Å². The van der Waals surface area contributed by atoms with Crippen LogP contribution in [-0.2, 0) is 0 Å². The summed E-state index contributed by atoms with van der Waals surface area (Å²) in [7, 11) is 0. The maximum atomic E-state index is 5.61. The highest BCUT2D eigenvalue weighted by Gasteiger charge is 2.02. The third-order valence-corrected chi connectivity index (χ3v) is 4.43. The Balaban J connectivity index is 1.79. The van der Waals surface area contributed by atoms with Gasteiger partial charge in [-0.3, -0.25) is 10.1 Å². The molecule has 0 fully saturated rings. The van der Waals surface area contributed by atoms with Crippen molar-refractivity contribution in [2.24, 2.45) is 0 Å². The Kier molecular flexibility index (Phi) is 3.91. The number of aromatic amines is 1. The molecule has 25 heavy (non-hydrogen) atoms. The van der Waals surface area contributed by atoms with Crippen LogP contribution in [0.15, 0.2) is 66.9 Å². The van der Waals surface area contributed by atoms with Crippen LogP contribution in [-0.4, -0.2) is 14.8 Å². The molecular weight excluding hydrogens is 328 g/mol. The van der Waals surface area contributed by atoms with E-state index in [4.69, 9.17) is 12.2 Å². The molecule has 0 bridgehead atoms. The van der Waals surface area contributed by atoms with Crippen molar-refractivity contribution in [3.8, 4) is 5.69 Å². The zero-order chi connectivity index (χ0) is 17.2. The second-order valence-electron chi connectivity index (χ2n) is 5.65. The van der Waals surface area contributed by atoms with Gasteiger partial charge in [-0.1, -0.05) is 55.2 Å². The molecule has 2 N–H and O–H groups in total. The molecule has 0 saturated heterocycles. The highest BCUT2D eigenvalue weighted by molar-refractivity contribution is 7.71. The van der Waals surface area contributed by atoms with E-state index in [1.54, 1.807) is 6.20 Å². The van der Waals surface area contributed by atoms with Gasteiger partial charge >= 0.3 is 0 Å². The molecule has 0 atom stereocenters. The Hall–Kier alpha value is -3.18. The summed E-state index contributed by atoms with van der Waals surface area (Å²) in [6.07, 6.45) is 3.67. The molecule has 4 aromatic rings. The first-order chi connectivity index (χ1) is 12.2. The van der Waals surface area contributed by atoms with Crippen molar-refractivity contribution >= 4 is 41.6 Å². The Labute approximate surface area is 149 Å². The number of para-hydroxylation sites is 2. The number of nitrogens with zero attached hydrogens (tertiary/aromatic N) is 2.